The van der Waals surface area contributed by atoms with E-state index < -0.39 is 0 Å². The predicted octanol–water partition coefficient (Wildman–Crippen LogP) is 3.20. The number of hydrogen-bond donors (Lipinski definition) is 1. The minimum absolute atomic E-state index is 0.0321. The fraction of sp³-hybridized carbons (Fsp3) is 0.286. The Bertz CT molecular complexity index is 559. The Morgan fingerprint density at radius 1 is 1.18 bits per heavy atom. The highest BCUT2D eigenvalue weighted by molar-refractivity contribution is 5.99. The van der Waals surface area contributed by atoms with E-state index in [4.69, 9.17) is 0 Å². The summed E-state index contributed by atoms with van der Waals surface area (Å²) in [4.78, 5) is 11.5. The fourth-order valence-corrected chi connectivity index (χ4v) is 1.95. The number of carbonyl (C=O) groups excluding carboxylic acids is 1. The van der Waals surface area contributed by atoms with E-state index in [9.17, 15) is 4.79 Å². The van der Waals surface area contributed by atoms with Gasteiger partial charge in [-0.15, -0.1) is 0 Å². The van der Waals surface area contributed by atoms with Gasteiger partial charge in [0.1, 0.15) is 0 Å². The van der Waals surface area contributed by atoms with E-state index >= 15 is 0 Å². The van der Waals surface area contributed by atoms with Gasteiger partial charge in [-0.25, -0.2) is 0 Å². The van der Waals surface area contributed by atoms with Crippen LogP contribution >= 0.6 is 0 Å². The molecule has 2 rings (SSSR count). The molecule has 0 saturated heterocycles. The first-order valence-electron chi connectivity index (χ1n) is 5.63. The second-order valence-electron chi connectivity index (χ2n) is 4.45. The van der Waals surface area contributed by atoms with Crippen LogP contribution in [0.3, 0.4) is 0 Å². The summed E-state index contributed by atoms with van der Waals surface area (Å²) < 4.78 is 0. The first-order valence-corrected chi connectivity index (χ1v) is 5.63. The van der Waals surface area contributed by atoms with Crippen molar-refractivity contribution < 1.29 is 4.79 Å². The minimum Gasteiger partial charge on any atom is -0.294 e. The number of hydrogen-bond acceptors (Lipinski definition) is 2. The van der Waals surface area contributed by atoms with Crippen LogP contribution in [0, 0.1) is 20.8 Å². The number of nitrogens with zero attached hydrogens (tertiary/aromatic N) is 1. The summed E-state index contributed by atoms with van der Waals surface area (Å²) in [5, 5.41) is 6.86. The first-order chi connectivity index (χ1) is 8.00. The van der Waals surface area contributed by atoms with Crippen molar-refractivity contribution in [1.29, 1.82) is 0 Å². The molecule has 2 aromatic rings. The average molecular weight is 228 g/mol. The van der Waals surface area contributed by atoms with Gasteiger partial charge in [0, 0.05) is 5.56 Å². The molecule has 17 heavy (non-hydrogen) atoms. The smallest absolute Gasteiger partial charge is 0.163 e. The number of benzene rings is 1. The summed E-state index contributed by atoms with van der Waals surface area (Å²) in [5.74, 6) is 0.0321. The van der Waals surface area contributed by atoms with Crippen molar-refractivity contribution in [3.63, 3.8) is 0 Å². The molecular weight excluding hydrogens is 212 g/mol. The van der Waals surface area contributed by atoms with Crippen LogP contribution in [-0.2, 0) is 0 Å². The molecule has 0 saturated carbocycles. The third-order valence-corrected chi connectivity index (χ3v) is 3.23. The van der Waals surface area contributed by atoms with Gasteiger partial charge in [-0.1, -0.05) is 0 Å². The van der Waals surface area contributed by atoms with Gasteiger partial charge in [-0.2, -0.15) is 5.10 Å². The van der Waals surface area contributed by atoms with Gasteiger partial charge in [0.2, 0.25) is 0 Å². The number of aryl methyl sites for hydroxylation is 2. The first kappa shape index (κ1) is 11.6. The summed E-state index contributed by atoms with van der Waals surface area (Å²) in [6.45, 7) is 7.82. The maximum atomic E-state index is 11.5. The van der Waals surface area contributed by atoms with Crippen LogP contribution in [0.25, 0.3) is 11.3 Å². The summed E-state index contributed by atoms with van der Waals surface area (Å²) in [7, 11) is 0. The van der Waals surface area contributed by atoms with Gasteiger partial charge < -0.3 is 0 Å². The molecule has 0 spiro atoms. The van der Waals surface area contributed by atoms with Crippen LogP contribution in [0.15, 0.2) is 18.3 Å². The SMILES string of the molecule is CC(=O)c1cn[nH]c1-c1cc(C)c(C)c(C)c1. The Morgan fingerprint density at radius 3 is 2.29 bits per heavy atom. The standard InChI is InChI=1S/C14H16N2O/c1-8-5-12(6-9(2)10(8)3)14-13(11(4)17)7-15-16-14/h5-7H,1-4H3,(H,15,16). The number of nitrogens with one attached hydrogen (secondary N) is 1. The van der Waals surface area contributed by atoms with E-state index in [-0.39, 0.29) is 5.78 Å². The van der Waals surface area contributed by atoms with Crippen molar-refractivity contribution in [1.82, 2.24) is 10.2 Å². The molecule has 0 radical (unpaired) electrons. The lowest BCUT2D eigenvalue weighted by atomic mass is 9.97. The van der Waals surface area contributed by atoms with Gasteiger partial charge in [-0.05, 0) is 56.5 Å². The number of carbonyl (C=O) groups is 1. The Kier molecular flexibility index (Phi) is 2.84. The van der Waals surface area contributed by atoms with E-state index in [1.165, 1.54) is 16.7 Å². The van der Waals surface area contributed by atoms with E-state index in [1.54, 1.807) is 13.1 Å². The van der Waals surface area contributed by atoms with E-state index in [0.29, 0.717) is 5.56 Å². The third kappa shape index (κ3) is 2.00. The van der Waals surface area contributed by atoms with Gasteiger partial charge in [0.15, 0.2) is 5.78 Å². The number of rotatable bonds is 2. The summed E-state index contributed by atoms with van der Waals surface area (Å²) in [5.41, 5.74) is 6.22. The van der Waals surface area contributed by atoms with Crippen LogP contribution in [0.4, 0.5) is 0 Å². The molecule has 3 nitrogen and oxygen atoms in total. The normalized spacial score (nSPS) is 10.6. The Balaban J connectivity index is 2.61. The fourth-order valence-electron chi connectivity index (χ4n) is 1.95. The molecule has 1 aromatic heterocycles. The molecule has 0 aliphatic heterocycles. The van der Waals surface area contributed by atoms with E-state index in [0.717, 1.165) is 11.3 Å². The number of aromatic nitrogens is 2. The van der Waals surface area contributed by atoms with Gasteiger partial charge in [-0.3, -0.25) is 9.89 Å². The summed E-state index contributed by atoms with van der Waals surface area (Å²) in [6.07, 6.45) is 1.59. The van der Waals surface area contributed by atoms with Crippen molar-refractivity contribution >= 4 is 5.78 Å². The molecule has 0 fully saturated rings. The zero-order valence-electron chi connectivity index (χ0n) is 10.6. The highest BCUT2D eigenvalue weighted by Crippen LogP contribution is 2.26. The molecule has 0 aliphatic rings. The number of H-pyrrole nitrogens is 1. The molecule has 88 valence electrons. The van der Waals surface area contributed by atoms with Crippen molar-refractivity contribution in [3.05, 3.63) is 40.6 Å². The van der Waals surface area contributed by atoms with Crippen molar-refractivity contribution in [2.75, 3.05) is 0 Å². The molecule has 0 atom stereocenters. The third-order valence-electron chi connectivity index (χ3n) is 3.23. The van der Waals surface area contributed by atoms with Gasteiger partial charge in [0.05, 0.1) is 17.5 Å². The number of Topliss-reactive ketones (excluding diaryl/α,β-unsaturated/α-hetero) is 1. The predicted molar refractivity (Wildman–Crippen MR) is 68.2 cm³/mol. The zero-order valence-corrected chi connectivity index (χ0v) is 10.6. The number of ketones is 1. The van der Waals surface area contributed by atoms with Crippen molar-refractivity contribution in [2.24, 2.45) is 0 Å². The molecule has 1 N–H and O–H groups in total. The van der Waals surface area contributed by atoms with Crippen LogP contribution in [0.1, 0.15) is 34.0 Å². The second kappa shape index (κ2) is 4.17. The highest BCUT2D eigenvalue weighted by atomic mass is 16.1. The minimum atomic E-state index is 0.0321. The molecule has 1 heterocycles. The molecular formula is C14H16N2O. The van der Waals surface area contributed by atoms with E-state index in [2.05, 4.69) is 43.1 Å². The van der Waals surface area contributed by atoms with Crippen LogP contribution < -0.4 is 0 Å². The largest absolute Gasteiger partial charge is 0.294 e. The average Bonchev–Trinajstić information content (AvgIpc) is 2.74. The molecule has 0 amide bonds. The molecule has 0 bridgehead atoms. The van der Waals surface area contributed by atoms with Crippen molar-refractivity contribution in [3.8, 4) is 11.3 Å². The zero-order chi connectivity index (χ0) is 12.6. The summed E-state index contributed by atoms with van der Waals surface area (Å²) >= 11 is 0. The monoisotopic (exact) mass is 228 g/mol. The quantitative estimate of drug-likeness (QED) is 0.802. The lowest BCUT2D eigenvalue weighted by Gasteiger charge is -2.08. The molecule has 0 aliphatic carbocycles. The summed E-state index contributed by atoms with van der Waals surface area (Å²) in [6, 6.07) is 4.17. The molecule has 1 aromatic carbocycles. The molecule has 0 unspecified atom stereocenters. The number of aromatic amines is 1. The highest BCUT2D eigenvalue weighted by Gasteiger charge is 2.12. The van der Waals surface area contributed by atoms with Crippen LogP contribution in [0.2, 0.25) is 0 Å². The van der Waals surface area contributed by atoms with E-state index in [1.807, 2.05) is 0 Å². The van der Waals surface area contributed by atoms with Crippen molar-refractivity contribution in [2.45, 2.75) is 27.7 Å². The van der Waals surface area contributed by atoms with Crippen LogP contribution in [0.5, 0.6) is 0 Å². The maximum Gasteiger partial charge on any atom is 0.163 e. The second-order valence-corrected chi connectivity index (χ2v) is 4.45. The lowest BCUT2D eigenvalue weighted by Crippen LogP contribution is -1.95. The topological polar surface area (TPSA) is 45.8 Å². The Morgan fingerprint density at radius 2 is 1.76 bits per heavy atom. The maximum absolute atomic E-state index is 11.5. The lowest BCUT2D eigenvalue weighted by molar-refractivity contribution is 0.101. The van der Waals surface area contributed by atoms with Gasteiger partial charge >= 0.3 is 0 Å². The van der Waals surface area contributed by atoms with Gasteiger partial charge in [0.25, 0.3) is 0 Å². The molecule has 3 heteroatoms. The Hall–Kier alpha value is -1.90. The van der Waals surface area contributed by atoms with Crippen LogP contribution in [-0.4, -0.2) is 16.0 Å². The Labute approximate surface area is 101 Å².